The number of ether oxygens (including phenoxy) is 5. The molecule has 32 heavy (non-hydrogen) atoms. The molecule has 0 fully saturated rings. The van der Waals surface area contributed by atoms with E-state index in [1.807, 2.05) is 5.32 Å². The van der Waals surface area contributed by atoms with Gasteiger partial charge >= 0.3 is 18.2 Å². The van der Waals surface area contributed by atoms with Crippen molar-refractivity contribution in [3.8, 4) is 0 Å². The summed E-state index contributed by atoms with van der Waals surface area (Å²) in [4.78, 5) is 43.0. The van der Waals surface area contributed by atoms with E-state index in [2.05, 4.69) is 14.4 Å². The Morgan fingerprint density at radius 1 is 0.781 bits per heavy atom. The van der Waals surface area contributed by atoms with Gasteiger partial charge in [-0.3, -0.25) is 20.8 Å². The number of carboxylic acid groups (broad SMARTS) is 1. The number of carbonyl (C=O) groups is 3. The average Bonchev–Trinajstić information content (AvgIpc) is 2.69. The quantitative estimate of drug-likeness (QED) is 0.0769. The van der Waals surface area contributed by atoms with Crippen LogP contribution in [0.25, 0.3) is 0 Å². The molecule has 0 heterocycles. The van der Waals surface area contributed by atoms with Crippen LogP contribution in [0.2, 0.25) is 0 Å². The molecule has 0 saturated heterocycles. The van der Waals surface area contributed by atoms with Gasteiger partial charge in [-0.05, 0) is 6.92 Å². The molecule has 2 atom stereocenters. The van der Waals surface area contributed by atoms with Gasteiger partial charge in [-0.1, -0.05) is 0 Å². The topological polar surface area (TPSA) is 235 Å². The van der Waals surface area contributed by atoms with Crippen molar-refractivity contribution in [2.24, 2.45) is 0 Å². The molecule has 0 aromatic rings. The normalized spacial score (nSPS) is 13.0. The monoisotopic (exact) mass is 477 g/mol. The van der Waals surface area contributed by atoms with Crippen molar-refractivity contribution in [3.63, 3.8) is 0 Å². The number of hydrogen-bond acceptors (Lipinski definition) is 16. The van der Waals surface area contributed by atoms with E-state index < -0.39 is 41.1 Å². The first-order valence-electron chi connectivity index (χ1n) is 8.90. The van der Waals surface area contributed by atoms with Crippen LogP contribution in [0, 0.1) is 0 Å². The summed E-state index contributed by atoms with van der Waals surface area (Å²) in [6.07, 6.45) is -3.65. The fraction of sp³-hybridized carbons (Fsp3) is 0.786. The van der Waals surface area contributed by atoms with Gasteiger partial charge in [-0.2, -0.15) is 0 Å². The van der Waals surface area contributed by atoms with Gasteiger partial charge in [0, 0.05) is 0 Å². The standard InChI is InChI=1S/C14H27N3O15/c1-10(32-14(21)29-7-3-27-5-9-31-17(24)25)11(12(18)19)15-13(20)28-6-2-26-4-8-30-16(22)23/h10-11,22-25H,2-9H2,1H3,(H,15,20)(H,18,19). The second kappa shape index (κ2) is 18.2. The van der Waals surface area contributed by atoms with Crippen molar-refractivity contribution in [2.45, 2.75) is 19.1 Å². The minimum atomic E-state index is -1.64. The Balaban J connectivity index is 4.06. The third kappa shape index (κ3) is 17.3. The fourth-order valence-corrected chi connectivity index (χ4v) is 1.74. The summed E-state index contributed by atoms with van der Waals surface area (Å²) in [7, 11) is 0. The second-order valence-corrected chi connectivity index (χ2v) is 5.41. The molecular formula is C14H27N3O15. The third-order valence-electron chi connectivity index (χ3n) is 3.07. The van der Waals surface area contributed by atoms with Crippen LogP contribution >= 0.6 is 0 Å². The molecule has 0 aromatic heterocycles. The van der Waals surface area contributed by atoms with Crippen molar-refractivity contribution in [1.29, 1.82) is 0 Å². The van der Waals surface area contributed by atoms with Crippen molar-refractivity contribution in [2.75, 3.05) is 52.9 Å². The van der Waals surface area contributed by atoms with E-state index in [-0.39, 0.29) is 52.9 Å². The highest BCUT2D eigenvalue weighted by atomic mass is 17.1. The largest absolute Gasteiger partial charge is 0.508 e. The van der Waals surface area contributed by atoms with Gasteiger partial charge in [0.25, 0.3) is 0 Å². The maximum atomic E-state index is 11.7. The van der Waals surface area contributed by atoms with E-state index in [1.54, 1.807) is 0 Å². The highest BCUT2D eigenvalue weighted by molar-refractivity contribution is 5.80. The number of rotatable bonds is 18. The molecule has 0 spiro atoms. The molecule has 188 valence electrons. The first kappa shape index (κ1) is 29.6. The summed E-state index contributed by atoms with van der Waals surface area (Å²) < 4.78 is 24.0. The van der Waals surface area contributed by atoms with Crippen LogP contribution in [0.3, 0.4) is 0 Å². The zero-order valence-electron chi connectivity index (χ0n) is 17.0. The minimum absolute atomic E-state index is 0.0394. The molecule has 18 heteroatoms. The molecule has 2 unspecified atom stereocenters. The second-order valence-electron chi connectivity index (χ2n) is 5.41. The Bertz CT molecular complexity index is 536. The Hall–Kier alpha value is -2.39. The Morgan fingerprint density at radius 2 is 1.25 bits per heavy atom. The lowest BCUT2D eigenvalue weighted by Crippen LogP contribution is -2.49. The summed E-state index contributed by atoms with van der Waals surface area (Å²) >= 11 is 0. The molecule has 0 aliphatic carbocycles. The van der Waals surface area contributed by atoms with Crippen molar-refractivity contribution in [1.82, 2.24) is 16.1 Å². The van der Waals surface area contributed by atoms with Gasteiger partial charge in [-0.15, -0.1) is 0 Å². The summed E-state index contributed by atoms with van der Waals surface area (Å²) in [5.74, 6) is -1.50. The van der Waals surface area contributed by atoms with E-state index in [9.17, 15) is 19.5 Å². The highest BCUT2D eigenvalue weighted by Crippen LogP contribution is 2.03. The molecule has 0 saturated carbocycles. The number of hydrogen-bond donors (Lipinski definition) is 6. The van der Waals surface area contributed by atoms with Crippen LogP contribution < -0.4 is 5.32 Å². The average molecular weight is 477 g/mol. The van der Waals surface area contributed by atoms with Crippen LogP contribution in [0.15, 0.2) is 0 Å². The molecule has 0 radical (unpaired) electrons. The zero-order valence-corrected chi connectivity index (χ0v) is 17.0. The summed E-state index contributed by atoms with van der Waals surface area (Å²) in [6, 6.07) is -1.64. The van der Waals surface area contributed by atoms with Gasteiger partial charge in [0.2, 0.25) is 0 Å². The number of nitrogens with zero attached hydrogens (tertiary/aromatic N) is 2. The number of amides is 1. The maximum absolute atomic E-state index is 11.7. The molecule has 0 rings (SSSR count). The molecule has 0 bridgehead atoms. The molecule has 0 aliphatic heterocycles. The SMILES string of the molecule is CC(OC(=O)OCCOCCON(O)O)C(NC(=O)OCCOCCON(O)O)C(=O)O. The molecular weight excluding hydrogens is 450 g/mol. The number of carbonyl (C=O) groups excluding carboxylic acids is 2. The lowest BCUT2D eigenvalue weighted by Gasteiger charge is -2.21. The van der Waals surface area contributed by atoms with Gasteiger partial charge in [-0.25, -0.2) is 24.1 Å². The fourth-order valence-electron chi connectivity index (χ4n) is 1.74. The van der Waals surface area contributed by atoms with Crippen molar-refractivity contribution in [3.05, 3.63) is 0 Å². The predicted molar refractivity (Wildman–Crippen MR) is 92.2 cm³/mol. The Morgan fingerprint density at radius 3 is 1.72 bits per heavy atom. The maximum Gasteiger partial charge on any atom is 0.508 e. The first-order valence-corrected chi connectivity index (χ1v) is 8.90. The van der Waals surface area contributed by atoms with Crippen LogP contribution in [0.4, 0.5) is 9.59 Å². The Labute approximate surface area is 181 Å². The summed E-state index contributed by atoms with van der Waals surface area (Å²) in [6.45, 7) is 0.0920. The molecule has 6 N–H and O–H groups in total. The van der Waals surface area contributed by atoms with Crippen LogP contribution in [0.1, 0.15) is 6.92 Å². The first-order chi connectivity index (χ1) is 15.1. The van der Waals surface area contributed by atoms with E-state index in [0.717, 1.165) is 0 Å². The number of alkyl carbamates (subject to hydrolysis) is 1. The van der Waals surface area contributed by atoms with Crippen LogP contribution in [-0.2, 0) is 38.2 Å². The Kier molecular flexibility index (Phi) is 16.8. The molecule has 18 nitrogen and oxygen atoms in total. The predicted octanol–water partition coefficient (Wildman–Crippen LogP) is -1.24. The minimum Gasteiger partial charge on any atom is -0.480 e. The van der Waals surface area contributed by atoms with Gasteiger partial charge in [0.05, 0.1) is 50.4 Å². The van der Waals surface area contributed by atoms with E-state index >= 15 is 0 Å². The third-order valence-corrected chi connectivity index (χ3v) is 3.07. The van der Waals surface area contributed by atoms with Crippen LogP contribution in [0.5, 0.6) is 0 Å². The van der Waals surface area contributed by atoms with E-state index in [4.69, 9.17) is 39.8 Å². The lowest BCUT2D eigenvalue weighted by atomic mass is 10.2. The van der Waals surface area contributed by atoms with Crippen molar-refractivity contribution >= 4 is 18.2 Å². The lowest BCUT2D eigenvalue weighted by molar-refractivity contribution is -0.493. The van der Waals surface area contributed by atoms with Crippen molar-refractivity contribution < 1.29 is 73.7 Å². The highest BCUT2D eigenvalue weighted by Gasteiger charge is 2.30. The smallest absolute Gasteiger partial charge is 0.480 e. The van der Waals surface area contributed by atoms with Gasteiger partial charge in [0.1, 0.15) is 19.3 Å². The number of carboxylic acids is 1. The van der Waals surface area contributed by atoms with Crippen LogP contribution in [-0.4, -0.2) is 120 Å². The number of aliphatic carboxylic acids is 1. The summed E-state index contributed by atoms with van der Waals surface area (Å²) in [5, 5.41) is 43.3. The summed E-state index contributed by atoms with van der Waals surface area (Å²) in [5.41, 5.74) is 0. The van der Waals surface area contributed by atoms with E-state index in [1.165, 1.54) is 6.92 Å². The number of nitrogens with one attached hydrogen (secondary N) is 1. The van der Waals surface area contributed by atoms with Gasteiger partial charge in [0.15, 0.2) is 6.04 Å². The molecule has 0 aliphatic rings. The zero-order chi connectivity index (χ0) is 24.4. The molecule has 0 aromatic carbocycles. The van der Waals surface area contributed by atoms with Gasteiger partial charge < -0.3 is 34.1 Å². The molecule has 1 amide bonds. The van der Waals surface area contributed by atoms with E-state index in [0.29, 0.717) is 0 Å².